The molecule has 0 bridgehead atoms. The van der Waals surface area contributed by atoms with Crippen molar-refractivity contribution in [3.05, 3.63) is 0 Å². The monoisotopic (exact) mass is 160 g/mol. The lowest BCUT2D eigenvalue weighted by Gasteiger charge is -2.22. The maximum Gasteiger partial charge on any atom is 0.289 e. The van der Waals surface area contributed by atoms with Crippen LogP contribution in [0.15, 0.2) is 0 Å². The smallest absolute Gasteiger partial charge is 0.289 e. The van der Waals surface area contributed by atoms with Crippen molar-refractivity contribution in [2.45, 2.75) is 0 Å². The zero-order valence-electron chi connectivity index (χ0n) is 6.43. The fourth-order valence-electron chi connectivity index (χ4n) is 1.11. The molecule has 1 saturated heterocycles. The minimum atomic E-state index is -0.109. The number of quaternary nitrogens is 1. The molecule has 0 saturated carbocycles. The number of nitrogens with two attached hydrogens (primary N) is 1. The van der Waals surface area contributed by atoms with Gasteiger partial charge in [0.15, 0.2) is 6.54 Å². The van der Waals surface area contributed by atoms with E-state index in [-0.39, 0.29) is 5.91 Å². The maximum absolute atomic E-state index is 10.8. The summed E-state index contributed by atoms with van der Waals surface area (Å²) in [6.07, 6.45) is 0. The number of morpholine rings is 1. The van der Waals surface area contributed by atoms with Gasteiger partial charge in [0.05, 0.1) is 13.2 Å². The molecule has 0 radical (unpaired) electrons. The minimum Gasteiger partial charge on any atom is -0.370 e. The summed E-state index contributed by atoms with van der Waals surface area (Å²) in [5.41, 5.74) is 2.11. The quantitative estimate of drug-likeness (QED) is 0.227. The van der Waals surface area contributed by atoms with Crippen LogP contribution < -0.4 is 16.2 Å². The average Bonchev–Trinajstić information content (AvgIpc) is 2.06. The van der Waals surface area contributed by atoms with Gasteiger partial charge in [0.2, 0.25) is 0 Å². The standard InChI is InChI=1S/C6H13N3O2/c7-8-6(10)5-9-1-3-11-4-2-9/h1-5,7H2,(H,8,10)/p+1. The van der Waals surface area contributed by atoms with E-state index in [1.807, 2.05) is 0 Å². The predicted molar refractivity (Wildman–Crippen MR) is 38.7 cm³/mol. The minimum absolute atomic E-state index is 0.109. The summed E-state index contributed by atoms with van der Waals surface area (Å²) in [5.74, 6) is 4.84. The van der Waals surface area contributed by atoms with Crippen LogP contribution in [0.5, 0.6) is 0 Å². The van der Waals surface area contributed by atoms with Gasteiger partial charge >= 0.3 is 0 Å². The fourth-order valence-corrected chi connectivity index (χ4v) is 1.11. The van der Waals surface area contributed by atoms with Gasteiger partial charge in [0, 0.05) is 0 Å². The van der Waals surface area contributed by atoms with Crippen LogP contribution in [0.25, 0.3) is 0 Å². The third kappa shape index (κ3) is 2.83. The first kappa shape index (κ1) is 8.45. The lowest BCUT2D eigenvalue weighted by atomic mass is 10.4. The number of carbonyl (C=O) groups excluding carboxylic acids is 1. The number of nitrogens with one attached hydrogen (secondary N) is 2. The number of hydrogen-bond donors (Lipinski definition) is 3. The summed E-state index contributed by atoms with van der Waals surface area (Å²) in [6.45, 7) is 3.74. The summed E-state index contributed by atoms with van der Waals surface area (Å²) < 4.78 is 5.13. The van der Waals surface area contributed by atoms with Crippen molar-refractivity contribution in [1.29, 1.82) is 0 Å². The van der Waals surface area contributed by atoms with Crippen molar-refractivity contribution in [3.63, 3.8) is 0 Å². The van der Waals surface area contributed by atoms with Gasteiger partial charge < -0.3 is 9.64 Å². The topological polar surface area (TPSA) is 68.8 Å². The van der Waals surface area contributed by atoms with E-state index in [2.05, 4.69) is 5.43 Å². The van der Waals surface area contributed by atoms with E-state index in [1.54, 1.807) is 0 Å². The van der Waals surface area contributed by atoms with Crippen molar-refractivity contribution < 1.29 is 14.4 Å². The van der Waals surface area contributed by atoms with Crippen LogP contribution in [0.4, 0.5) is 0 Å². The van der Waals surface area contributed by atoms with Gasteiger partial charge in [-0.15, -0.1) is 0 Å². The van der Waals surface area contributed by atoms with E-state index in [4.69, 9.17) is 10.6 Å². The van der Waals surface area contributed by atoms with Crippen molar-refractivity contribution >= 4 is 5.91 Å². The molecule has 1 rings (SSSR count). The second kappa shape index (κ2) is 4.27. The SMILES string of the molecule is NNC(=O)C[NH+]1CCOCC1. The van der Waals surface area contributed by atoms with Gasteiger partial charge in [-0.2, -0.15) is 0 Å². The molecule has 0 aromatic carbocycles. The second-order valence-electron chi connectivity index (χ2n) is 2.61. The van der Waals surface area contributed by atoms with Crippen molar-refractivity contribution in [3.8, 4) is 0 Å². The lowest BCUT2D eigenvalue weighted by molar-refractivity contribution is -0.900. The summed E-state index contributed by atoms with van der Waals surface area (Å²) in [6, 6.07) is 0. The number of ether oxygens (including phenoxy) is 1. The molecule has 64 valence electrons. The van der Waals surface area contributed by atoms with Gasteiger partial charge in [0.1, 0.15) is 13.1 Å². The average molecular weight is 160 g/mol. The lowest BCUT2D eigenvalue weighted by Crippen LogP contribution is -3.15. The molecule has 1 amide bonds. The van der Waals surface area contributed by atoms with Crippen molar-refractivity contribution in [2.24, 2.45) is 5.84 Å². The number of rotatable bonds is 2. The van der Waals surface area contributed by atoms with Gasteiger partial charge in [-0.3, -0.25) is 10.2 Å². The molecule has 1 aliphatic heterocycles. The van der Waals surface area contributed by atoms with E-state index in [0.29, 0.717) is 6.54 Å². The van der Waals surface area contributed by atoms with Gasteiger partial charge in [-0.25, -0.2) is 5.84 Å². The Bertz CT molecular complexity index is 134. The Kier molecular flexibility index (Phi) is 3.28. The first-order chi connectivity index (χ1) is 5.33. The Labute approximate surface area is 65.5 Å². The molecule has 5 heteroatoms. The summed E-state index contributed by atoms with van der Waals surface area (Å²) >= 11 is 0. The molecule has 5 nitrogen and oxygen atoms in total. The van der Waals surface area contributed by atoms with Crippen LogP contribution in [-0.2, 0) is 9.53 Å². The summed E-state index contributed by atoms with van der Waals surface area (Å²) in [7, 11) is 0. The van der Waals surface area contributed by atoms with E-state index in [0.717, 1.165) is 26.3 Å². The maximum atomic E-state index is 10.8. The number of hydrazine groups is 1. The summed E-state index contributed by atoms with van der Waals surface area (Å²) in [4.78, 5) is 12.0. The number of amides is 1. The molecule has 1 heterocycles. The van der Waals surface area contributed by atoms with Crippen LogP contribution >= 0.6 is 0 Å². The third-order valence-electron chi connectivity index (χ3n) is 1.77. The Morgan fingerprint density at radius 3 is 2.73 bits per heavy atom. The number of hydrogen-bond acceptors (Lipinski definition) is 3. The largest absolute Gasteiger partial charge is 0.370 e. The number of carbonyl (C=O) groups is 1. The highest BCUT2D eigenvalue weighted by Crippen LogP contribution is 1.73. The molecule has 1 aliphatic rings. The van der Waals surface area contributed by atoms with Gasteiger partial charge in [0.25, 0.3) is 5.91 Å². The molecular formula is C6H14N3O2+. The van der Waals surface area contributed by atoms with Gasteiger partial charge in [-0.1, -0.05) is 0 Å². The van der Waals surface area contributed by atoms with E-state index in [9.17, 15) is 4.79 Å². The molecule has 0 unspecified atom stereocenters. The highest BCUT2D eigenvalue weighted by atomic mass is 16.5. The third-order valence-corrected chi connectivity index (χ3v) is 1.77. The van der Waals surface area contributed by atoms with Crippen LogP contribution in [0.3, 0.4) is 0 Å². The zero-order valence-corrected chi connectivity index (χ0v) is 6.43. The molecular weight excluding hydrogens is 146 g/mol. The Balaban J connectivity index is 2.19. The van der Waals surface area contributed by atoms with Crippen molar-refractivity contribution in [1.82, 2.24) is 5.43 Å². The van der Waals surface area contributed by atoms with E-state index < -0.39 is 0 Å². The van der Waals surface area contributed by atoms with Crippen LogP contribution in [0, 0.1) is 0 Å². The van der Waals surface area contributed by atoms with Crippen LogP contribution in [-0.4, -0.2) is 38.8 Å². The first-order valence-corrected chi connectivity index (χ1v) is 3.73. The van der Waals surface area contributed by atoms with Gasteiger partial charge in [-0.05, 0) is 0 Å². The molecule has 11 heavy (non-hydrogen) atoms. The zero-order chi connectivity index (χ0) is 8.10. The van der Waals surface area contributed by atoms with Crippen molar-refractivity contribution in [2.75, 3.05) is 32.8 Å². The highest BCUT2D eigenvalue weighted by Gasteiger charge is 2.16. The Morgan fingerprint density at radius 1 is 1.55 bits per heavy atom. The molecule has 0 spiro atoms. The second-order valence-corrected chi connectivity index (χ2v) is 2.61. The van der Waals surface area contributed by atoms with Crippen LogP contribution in [0.1, 0.15) is 0 Å². The van der Waals surface area contributed by atoms with E-state index in [1.165, 1.54) is 4.90 Å². The normalized spacial score (nSPS) is 19.7. The van der Waals surface area contributed by atoms with Crippen LogP contribution in [0.2, 0.25) is 0 Å². The predicted octanol–water partition coefficient (Wildman–Crippen LogP) is -3.11. The molecule has 1 fully saturated rings. The molecule has 0 aliphatic carbocycles. The Hall–Kier alpha value is -0.650. The molecule has 0 aromatic rings. The summed E-state index contributed by atoms with van der Waals surface area (Å²) in [5, 5.41) is 0. The molecule has 0 aromatic heterocycles. The first-order valence-electron chi connectivity index (χ1n) is 3.73. The molecule has 4 N–H and O–H groups in total. The van der Waals surface area contributed by atoms with E-state index >= 15 is 0 Å². The fraction of sp³-hybridized carbons (Fsp3) is 0.833. The molecule has 0 atom stereocenters. The highest BCUT2D eigenvalue weighted by molar-refractivity contribution is 5.76. The Morgan fingerprint density at radius 2 is 2.18 bits per heavy atom.